The minimum absolute atomic E-state index is 0.224. The van der Waals surface area contributed by atoms with Gasteiger partial charge in [0.1, 0.15) is 0 Å². The van der Waals surface area contributed by atoms with Crippen molar-refractivity contribution in [2.75, 3.05) is 12.3 Å². The van der Waals surface area contributed by atoms with Crippen LogP contribution < -0.4 is 5.32 Å². The van der Waals surface area contributed by atoms with Gasteiger partial charge in [-0.1, -0.05) is 17.7 Å². The van der Waals surface area contributed by atoms with E-state index < -0.39 is 0 Å². The highest BCUT2D eigenvalue weighted by Gasteiger charge is 2.07. The predicted molar refractivity (Wildman–Crippen MR) is 74.4 cm³/mol. The molecular formula is C14H23NS. The molecule has 0 saturated carbocycles. The second-order valence-electron chi connectivity index (χ2n) is 5.29. The summed E-state index contributed by atoms with van der Waals surface area (Å²) in [5.74, 6) is 1.13. The first-order valence-corrected chi connectivity index (χ1v) is 6.82. The lowest BCUT2D eigenvalue weighted by molar-refractivity contribution is 0.441. The summed E-state index contributed by atoms with van der Waals surface area (Å²) in [4.78, 5) is 1.41. The lowest BCUT2D eigenvalue weighted by Crippen LogP contribution is -2.37. The monoisotopic (exact) mass is 237 g/mol. The largest absolute Gasteiger partial charge is 0.311 e. The summed E-state index contributed by atoms with van der Waals surface area (Å²) in [6, 6.07) is 6.65. The van der Waals surface area contributed by atoms with Gasteiger partial charge in [0.15, 0.2) is 0 Å². The van der Waals surface area contributed by atoms with Crippen molar-refractivity contribution >= 4 is 11.8 Å². The number of thioether (sulfide) groups is 1. The fourth-order valence-electron chi connectivity index (χ4n) is 1.45. The molecule has 1 aromatic carbocycles. The maximum Gasteiger partial charge on any atom is 0.0106 e. The van der Waals surface area contributed by atoms with Crippen molar-refractivity contribution in [3.8, 4) is 0 Å². The van der Waals surface area contributed by atoms with Gasteiger partial charge in [0.2, 0.25) is 0 Å². The minimum Gasteiger partial charge on any atom is -0.311 e. The Bertz CT molecular complexity index is 339. The molecule has 0 saturated heterocycles. The minimum atomic E-state index is 0.224. The molecule has 0 fully saturated rings. The Morgan fingerprint density at radius 2 is 1.88 bits per heavy atom. The molecule has 0 atom stereocenters. The molecule has 0 bridgehead atoms. The van der Waals surface area contributed by atoms with Crippen LogP contribution in [0.3, 0.4) is 0 Å². The molecule has 0 spiro atoms. The first-order valence-electron chi connectivity index (χ1n) is 5.83. The second-order valence-corrected chi connectivity index (χ2v) is 6.43. The fraction of sp³-hybridized carbons (Fsp3) is 0.571. The van der Waals surface area contributed by atoms with Crippen molar-refractivity contribution in [1.29, 1.82) is 0 Å². The quantitative estimate of drug-likeness (QED) is 0.632. The Hall–Kier alpha value is -0.470. The van der Waals surface area contributed by atoms with E-state index in [1.54, 1.807) is 0 Å². The number of hydrogen-bond donors (Lipinski definition) is 1. The van der Waals surface area contributed by atoms with E-state index in [1.807, 2.05) is 11.8 Å². The topological polar surface area (TPSA) is 12.0 Å². The van der Waals surface area contributed by atoms with E-state index in [0.717, 1.165) is 12.3 Å². The number of benzene rings is 1. The SMILES string of the molecule is Cc1ccc(C)c(SCCNC(C)(C)C)c1. The van der Waals surface area contributed by atoms with Gasteiger partial charge in [-0.25, -0.2) is 0 Å². The van der Waals surface area contributed by atoms with Crippen LogP contribution in [0.2, 0.25) is 0 Å². The highest BCUT2D eigenvalue weighted by Crippen LogP contribution is 2.23. The van der Waals surface area contributed by atoms with Gasteiger partial charge in [-0.3, -0.25) is 0 Å². The normalized spacial score (nSPS) is 11.8. The third-order valence-electron chi connectivity index (χ3n) is 2.36. The average molecular weight is 237 g/mol. The summed E-state index contributed by atoms with van der Waals surface area (Å²) < 4.78 is 0. The molecular weight excluding hydrogens is 214 g/mol. The molecule has 1 N–H and O–H groups in total. The molecule has 0 unspecified atom stereocenters. The van der Waals surface area contributed by atoms with Crippen LogP contribution in [0.5, 0.6) is 0 Å². The van der Waals surface area contributed by atoms with Crippen molar-refractivity contribution in [1.82, 2.24) is 5.32 Å². The lowest BCUT2D eigenvalue weighted by Gasteiger charge is -2.20. The Labute approximate surface area is 104 Å². The zero-order valence-electron chi connectivity index (χ0n) is 11.1. The zero-order valence-corrected chi connectivity index (χ0v) is 11.9. The van der Waals surface area contributed by atoms with Crippen LogP contribution in [0, 0.1) is 13.8 Å². The van der Waals surface area contributed by atoms with Gasteiger partial charge < -0.3 is 5.32 Å². The molecule has 0 heterocycles. The maximum atomic E-state index is 3.51. The van der Waals surface area contributed by atoms with Crippen molar-refractivity contribution in [3.63, 3.8) is 0 Å². The smallest absolute Gasteiger partial charge is 0.0106 e. The van der Waals surface area contributed by atoms with Crippen LogP contribution in [0.25, 0.3) is 0 Å². The Morgan fingerprint density at radius 3 is 2.50 bits per heavy atom. The first kappa shape index (κ1) is 13.6. The summed E-state index contributed by atoms with van der Waals surface area (Å²) in [5, 5.41) is 3.51. The third kappa shape index (κ3) is 5.04. The van der Waals surface area contributed by atoms with Gasteiger partial charge in [0, 0.05) is 22.7 Å². The van der Waals surface area contributed by atoms with Gasteiger partial charge in [-0.05, 0) is 46.2 Å². The molecule has 0 aromatic heterocycles. The van der Waals surface area contributed by atoms with Crippen LogP contribution in [0.1, 0.15) is 31.9 Å². The van der Waals surface area contributed by atoms with Crippen molar-refractivity contribution in [2.24, 2.45) is 0 Å². The highest BCUT2D eigenvalue weighted by atomic mass is 32.2. The summed E-state index contributed by atoms with van der Waals surface area (Å²) in [5.41, 5.74) is 2.95. The molecule has 2 heteroatoms. The highest BCUT2D eigenvalue weighted by molar-refractivity contribution is 7.99. The lowest BCUT2D eigenvalue weighted by atomic mass is 10.1. The molecule has 90 valence electrons. The Balaban J connectivity index is 2.40. The molecule has 0 radical (unpaired) electrons. The summed E-state index contributed by atoms with van der Waals surface area (Å²) in [6.07, 6.45) is 0. The van der Waals surface area contributed by atoms with Crippen LogP contribution >= 0.6 is 11.8 Å². The molecule has 0 aliphatic rings. The molecule has 1 aromatic rings. The van der Waals surface area contributed by atoms with Gasteiger partial charge in [-0.2, -0.15) is 0 Å². The van der Waals surface area contributed by atoms with E-state index in [2.05, 4.69) is 58.1 Å². The van der Waals surface area contributed by atoms with Crippen LogP contribution in [0.15, 0.2) is 23.1 Å². The molecule has 16 heavy (non-hydrogen) atoms. The summed E-state index contributed by atoms with van der Waals surface area (Å²) in [6.45, 7) is 12.0. The number of rotatable bonds is 4. The first-order chi connectivity index (χ1) is 7.38. The summed E-state index contributed by atoms with van der Waals surface area (Å²) >= 11 is 1.94. The Morgan fingerprint density at radius 1 is 1.19 bits per heavy atom. The molecule has 1 nitrogen and oxygen atoms in total. The number of aryl methyl sites for hydroxylation is 2. The van der Waals surface area contributed by atoms with E-state index in [4.69, 9.17) is 0 Å². The van der Waals surface area contributed by atoms with Crippen molar-refractivity contribution < 1.29 is 0 Å². The van der Waals surface area contributed by atoms with E-state index in [1.165, 1.54) is 16.0 Å². The van der Waals surface area contributed by atoms with Gasteiger partial charge in [0.25, 0.3) is 0 Å². The fourth-order valence-corrected chi connectivity index (χ4v) is 2.44. The predicted octanol–water partition coefficient (Wildman–Crippen LogP) is 3.78. The second kappa shape index (κ2) is 5.74. The summed E-state index contributed by atoms with van der Waals surface area (Å²) in [7, 11) is 0. The van der Waals surface area contributed by atoms with Gasteiger partial charge in [0.05, 0.1) is 0 Å². The van der Waals surface area contributed by atoms with Gasteiger partial charge >= 0.3 is 0 Å². The van der Waals surface area contributed by atoms with E-state index in [0.29, 0.717) is 0 Å². The van der Waals surface area contributed by atoms with E-state index >= 15 is 0 Å². The standard InChI is InChI=1S/C14H23NS/c1-11-6-7-12(2)13(10-11)16-9-8-15-14(3,4)5/h6-7,10,15H,8-9H2,1-5H3. The number of hydrogen-bond acceptors (Lipinski definition) is 2. The van der Waals surface area contributed by atoms with Crippen LogP contribution in [0.4, 0.5) is 0 Å². The van der Waals surface area contributed by atoms with Crippen LogP contribution in [-0.2, 0) is 0 Å². The zero-order chi connectivity index (χ0) is 12.2. The maximum absolute atomic E-state index is 3.51. The van der Waals surface area contributed by atoms with E-state index in [9.17, 15) is 0 Å². The van der Waals surface area contributed by atoms with Gasteiger partial charge in [-0.15, -0.1) is 11.8 Å². The Kier molecular flexibility index (Phi) is 4.88. The third-order valence-corrected chi connectivity index (χ3v) is 3.52. The van der Waals surface area contributed by atoms with E-state index in [-0.39, 0.29) is 5.54 Å². The van der Waals surface area contributed by atoms with Crippen LogP contribution in [-0.4, -0.2) is 17.8 Å². The van der Waals surface area contributed by atoms with Crippen molar-refractivity contribution in [3.05, 3.63) is 29.3 Å². The molecule has 0 aliphatic heterocycles. The molecule has 0 aliphatic carbocycles. The number of nitrogens with one attached hydrogen (secondary N) is 1. The molecule has 1 rings (SSSR count). The molecule has 0 amide bonds. The average Bonchev–Trinajstić information content (AvgIpc) is 2.16. The van der Waals surface area contributed by atoms with Crippen molar-refractivity contribution in [2.45, 2.75) is 45.1 Å².